The second-order valence-corrected chi connectivity index (χ2v) is 2.11. The van der Waals surface area contributed by atoms with Crippen LogP contribution in [0.15, 0.2) is 0 Å². The van der Waals surface area contributed by atoms with E-state index in [1.54, 1.807) is 13.0 Å². The van der Waals surface area contributed by atoms with Gasteiger partial charge in [-0.1, -0.05) is 0 Å². The Bertz CT molecular complexity index is 99.9. The average Bonchev–Trinajstić information content (AvgIpc) is 1.65. The van der Waals surface area contributed by atoms with E-state index >= 15 is 0 Å². The van der Waals surface area contributed by atoms with Crippen molar-refractivity contribution in [1.29, 1.82) is 5.26 Å². The first-order chi connectivity index (χ1) is 3.66. The zero-order chi connectivity index (χ0) is 6.57. The Labute approximate surface area is 48.7 Å². The van der Waals surface area contributed by atoms with Crippen LogP contribution >= 0.6 is 8.53 Å². The van der Waals surface area contributed by atoms with Gasteiger partial charge in [-0.05, 0) is 6.92 Å². The van der Waals surface area contributed by atoms with Crippen LogP contribution in [0.5, 0.6) is 0 Å². The highest BCUT2D eigenvalue weighted by Gasteiger charge is 2.02. The summed E-state index contributed by atoms with van der Waals surface area (Å²) in [7, 11) is -2.12. The number of nitriles is 1. The molecule has 0 spiro atoms. The summed E-state index contributed by atoms with van der Waals surface area (Å²) in [5, 5.41) is 10.3. The monoisotopic (exact) mass is 134 g/mol. The van der Waals surface area contributed by atoms with Crippen LogP contribution in [0.25, 0.3) is 0 Å². The van der Waals surface area contributed by atoms with Gasteiger partial charge in [0.1, 0.15) is 0 Å². The Morgan fingerprint density at radius 1 is 1.75 bits per heavy atom. The molecule has 8 heavy (non-hydrogen) atoms. The topological polar surface area (TPSA) is 76.3 Å². The van der Waals surface area contributed by atoms with E-state index < -0.39 is 14.6 Å². The number of nitrogens with one attached hydrogen (secondary N) is 1. The maximum atomic E-state index is 8.21. The normalized spacial score (nSPS) is 13.4. The van der Waals surface area contributed by atoms with Crippen LogP contribution in [0.1, 0.15) is 6.92 Å². The van der Waals surface area contributed by atoms with Crippen molar-refractivity contribution in [3.05, 3.63) is 0 Å². The van der Waals surface area contributed by atoms with Crippen LogP contribution in [0.2, 0.25) is 0 Å². The molecule has 0 bridgehead atoms. The molecular weight excluding hydrogens is 127 g/mol. The van der Waals surface area contributed by atoms with Gasteiger partial charge in [-0.2, -0.15) is 5.26 Å². The Balaban J connectivity index is 3.28. The van der Waals surface area contributed by atoms with E-state index in [2.05, 4.69) is 5.09 Å². The van der Waals surface area contributed by atoms with Crippen molar-refractivity contribution in [2.45, 2.75) is 13.0 Å². The van der Waals surface area contributed by atoms with Gasteiger partial charge in [0.25, 0.3) is 8.53 Å². The lowest BCUT2D eigenvalue weighted by Crippen LogP contribution is -2.17. The molecule has 0 amide bonds. The molecule has 0 aromatic heterocycles. The fourth-order valence-electron chi connectivity index (χ4n) is 0.202. The van der Waals surface area contributed by atoms with Crippen LogP contribution < -0.4 is 5.09 Å². The zero-order valence-corrected chi connectivity index (χ0v) is 5.26. The fourth-order valence-corrected chi connectivity index (χ4v) is 0.606. The van der Waals surface area contributed by atoms with Crippen LogP contribution in [-0.2, 0) is 0 Å². The van der Waals surface area contributed by atoms with Crippen molar-refractivity contribution < 1.29 is 9.79 Å². The predicted molar refractivity (Wildman–Crippen MR) is 29.6 cm³/mol. The SMILES string of the molecule is CC(C#N)NP(O)O. The first-order valence-corrected chi connectivity index (χ1v) is 3.25. The van der Waals surface area contributed by atoms with Gasteiger partial charge in [0.2, 0.25) is 0 Å². The lowest BCUT2D eigenvalue weighted by molar-refractivity contribution is 0.461. The van der Waals surface area contributed by atoms with Gasteiger partial charge in [-0.15, -0.1) is 0 Å². The third kappa shape index (κ3) is 3.97. The summed E-state index contributed by atoms with van der Waals surface area (Å²) in [6, 6.07) is 1.29. The van der Waals surface area contributed by atoms with E-state index in [4.69, 9.17) is 15.0 Å². The summed E-state index contributed by atoms with van der Waals surface area (Å²) in [5.41, 5.74) is 0. The second kappa shape index (κ2) is 3.76. The molecule has 0 aromatic carbocycles. The van der Waals surface area contributed by atoms with Crippen molar-refractivity contribution >= 4 is 8.53 Å². The average molecular weight is 134 g/mol. The third-order valence-electron chi connectivity index (χ3n) is 0.503. The lowest BCUT2D eigenvalue weighted by atomic mass is 10.4. The highest BCUT2D eigenvalue weighted by molar-refractivity contribution is 7.42. The van der Waals surface area contributed by atoms with Crippen LogP contribution in [0.3, 0.4) is 0 Å². The summed E-state index contributed by atoms with van der Waals surface area (Å²) < 4.78 is 0. The zero-order valence-electron chi connectivity index (χ0n) is 4.37. The van der Waals surface area contributed by atoms with Crippen LogP contribution in [0.4, 0.5) is 0 Å². The smallest absolute Gasteiger partial charge is 0.251 e. The Hall–Kier alpha value is -0.200. The highest BCUT2D eigenvalue weighted by atomic mass is 31.2. The fraction of sp³-hybridized carbons (Fsp3) is 0.667. The molecule has 0 aromatic rings. The summed E-state index contributed by atoms with van der Waals surface area (Å²) in [4.78, 5) is 16.4. The minimum atomic E-state index is -2.12. The third-order valence-corrected chi connectivity index (χ3v) is 1.12. The molecule has 0 saturated heterocycles. The Morgan fingerprint density at radius 3 is 2.38 bits per heavy atom. The molecule has 4 nitrogen and oxygen atoms in total. The van der Waals surface area contributed by atoms with Gasteiger partial charge in [0.15, 0.2) is 0 Å². The van der Waals surface area contributed by atoms with E-state index in [-0.39, 0.29) is 0 Å². The van der Waals surface area contributed by atoms with Crippen LogP contribution in [0, 0.1) is 11.3 Å². The molecule has 0 aliphatic carbocycles. The maximum absolute atomic E-state index is 8.21. The molecule has 0 saturated carbocycles. The van der Waals surface area contributed by atoms with E-state index in [0.29, 0.717) is 0 Å². The van der Waals surface area contributed by atoms with Gasteiger partial charge < -0.3 is 9.79 Å². The number of hydrogen-bond acceptors (Lipinski definition) is 4. The summed E-state index contributed by atoms with van der Waals surface area (Å²) >= 11 is 0. The van der Waals surface area contributed by atoms with Gasteiger partial charge in [-0.3, -0.25) is 0 Å². The standard InChI is InChI=1S/C3H7N2O2P/c1-3(2-4)5-8(6)7/h3,5-7H,1H3. The van der Waals surface area contributed by atoms with Crippen LogP contribution in [-0.4, -0.2) is 15.8 Å². The Morgan fingerprint density at radius 2 is 2.25 bits per heavy atom. The minimum Gasteiger partial charge on any atom is -0.338 e. The molecule has 0 heterocycles. The molecule has 0 fully saturated rings. The lowest BCUT2D eigenvalue weighted by Gasteiger charge is -2.03. The first kappa shape index (κ1) is 7.80. The van der Waals surface area contributed by atoms with E-state index in [1.165, 1.54) is 0 Å². The molecule has 0 radical (unpaired) electrons. The van der Waals surface area contributed by atoms with E-state index in [1.807, 2.05) is 0 Å². The summed E-state index contributed by atoms with van der Waals surface area (Å²) in [6.45, 7) is 1.54. The quantitative estimate of drug-likeness (QED) is 0.453. The number of hydrogen-bond donors (Lipinski definition) is 3. The number of rotatable bonds is 2. The van der Waals surface area contributed by atoms with Gasteiger partial charge >= 0.3 is 0 Å². The first-order valence-electron chi connectivity index (χ1n) is 2.00. The minimum absolute atomic E-state index is 0.490. The number of nitrogens with zero attached hydrogens (tertiary/aromatic N) is 1. The van der Waals surface area contributed by atoms with E-state index in [9.17, 15) is 0 Å². The molecule has 0 rings (SSSR count). The van der Waals surface area contributed by atoms with E-state index in [0.717, 1.165) is 0 Å². The molecule has 1 unspecified atom stereocenters. The molecule has 0 aliphatic heterocycles. The summed E-state index contributed by atoms with van der Waals surface area (Å²) in [6.07, 6.45) is 0. The summed E-state index contributed by atoms with van der Waals surface area (Å²) in [5.74, 6) is 0. The van der Waals surface area contributed by atoms with Crippen molar-refractivity contribution in [1.82, 2.24) is 5.09 Å². The van der Waals surface area contributed by atoms with Gasteiger partial charge in [0, 0.05) is 0 Å². The predicted octanol–water partition coefficient (Wildman–Crippen LogP) is -0.300. The molecule has 5 heteroatoms. The van der Waals surface area contributed by atoms with Crippen molar-refractivity contribution in [2.75, 3.05) is 0 Å². The molecular formula is C3H7N2O2P. The van der Waals surface area contributed by atoms with Crippen molar-refractivity contribution in [2.24, 2.45) is 0 Å². The second-order valence-electron chi connectivity index (χ2n) is 1.27. The van der Waals surface area contributed by atoms with Crippen molar-refractivity contribution in [3.63, 3.8) is 0 Å². The molecule has 1 atom stereocenters. The largest absolute Gasteiger partial charge is 0.338 e. The molecule has 46 valence electrons. The molecule has 0 aliphatic rings. The highest BCUT2D eigenvalue weighted by Crippen LogP contribution is 2.15. The maximum Gasteiger partial charge on any atom is 0.251 e. The van der Waals surface area contributed by atoms with Gasteiger partial charge in [0.05, 0.1) is 12.1 Å². The Kier molecular flexibility index (Phi) is 3.67. The van der Waals surface area contributed by atoms with Crippen molar-refractivity contribution in [3.8, 4) is 6.07 Å². The van der Waals surface area contributed by atoms with Gasteiger partial charge in [-0.25, -0.2) is 5.09 Å². The molecule has 3 N–H and O–H groups in total.